The number of hydrogen-bond acceptors (Lipinski definition) is 4. The Morgan fingerprint density at radius 2 is 2.40 bits per heavy atom. The van der Waals surface area contributed by atoms with E-state index in [4.69, 9.17) is 16.9 Å². The highest BCUT2D eigenvalue weighted by Gasteiger charge is 2.16. The van der Waals surface area contributed by atoms with Crippen molar-refractivity contribution in [1.82, 2.24) is 0 Å². The zero-order valence-electron chi connectivity index (χ0n) is 13.0. The van der Waals surface area contributed by atoms with Crippen LogP contribution in [0.3, 0.4) is 0 Å². The van der Waals surface area contributed by atoms with E-state index in [9.17, 15) is 4.79 Å². The summed E-state index contributed by atoms with van der Waals surface area (Å²) in [4.78, 5) is 11.6. The third-order valence-electron chi connectivity index (χ3n) is 1.88. The number of methoxy groups -OCH3 is 1. The van der Waals surface area contributed by atoms with Gasteiger partial charge in [-0.1, -0.05) is 19.0 Å². The van der Waals surface area contributed by atoms with E-state index in [2.05, 4.69) is 4.74 Å². The van der Waals surface area contributed by atoms with Gasteiger partial charge in [-0.3, -0.25) is 0 Å². The van der Waals surface area contributed by atoms with Crippen LogP contribution in [0.15, 0.2) is 18.2 Å². The van der Waals surface area contributed by atoms with Gasteiger partial charge in [-0.25, -0.2) is 4.79 Å². The number of esters is 1. The van der Waals surface area contributed by atoms with Crippen molar-refractivity contribution in [2.75, 3.05) is 7.11 Å². The summed E-state index contributed by atoms with van der Waals surface area (Å²) < 4.78 is 41.5. The van der Waals surface area contributed by atoms with Crippen molar-refractivity contribution >= 4 is 18.6 Å². The van der Waals surface area contributed by atoms with Crippen LogP contribution >= 0.6 is 0 Å². The Balaban J connectivity index is 3.55. The molecule has 2 N–H and O–H groups in total. The molecule has 0 aliphatic carbocycles. The van der Waals surface area contributed by atoms with Crippen molar-refractivity contribution in [1.29, 1.82) is 0 Å². The molecule has 0 unspecified atom stereocenters. The summed E-state index contributed by atoms with van der Waals surface area (Å²) in [5.74, 6) is -0.910. The number of rotatable bonds is 3. The first-order chi connectivity index (χ1) is 9.02. The van der Waals surface area contributed by atoms with Gasteiger partial charge in [0.2, 0.25) is 0 Å². The second kappa shape index (κ2) is 4.95. The first kappa shape index (κ1) is 6.30. The number of carbonyl (C=O) groups excluding carboxylic acids is 1. The average Bonchev–Trinajstić information content (AvgIpc) is 2.35. The van der Waals surface area contributed by atoms with Gasteiger partial charge >= 0.3 is 13.1 Å². The monoisotopic (exact) mass is 213 g/mol. The maximum Gasteiger partial charge on any atom is 0.488 e. The zero-order chi connectivity index (χ0) is 15.7. The molecule has 1 aromatic rings. The van der Waals surface area contributed by atoms with Gasteiger partial charge in [0.25, 0.3) is 0 Å². The van der Waals surface area contributed by atoms with E-state index in [0.717, 1.165) is 19.2 Å². The van der Waals surface area contributed by atoms with Crippen LogP contribution in [0.4, 0.5) is 0 Å². The van der Waals surface area contributed by atoms with Crippen LogP contribution in [0.1, 0.15) is 29.6 Å². The van der Waals surface area contributed by atoms with Crippen molar-refractivity contribution in [3.8, 4) is 0 Å². The normalized spacial score (nSPS) is 16.6. The van der Waals surface area contributed by atoms with E-state index in [0.29, 0.717) is 0 Å². The van der Waals surface area contributed by atoms with Gasteiger partial charge in [-0.2, -0.15) is 0 Å². The lowest BCUT2D eigenvalue weighted by Gasteiger charge is -2.08. The van der Waals surface area contributed by atoms with Crippen LogP contribution < -0.4 is 5.46 Å². The Morgan fingerprint density at radius 1 is 1.67 bits per heavy atom. The molecule has 0 atom stereocenters. The standard InChI is InChI=1S/C10H13BO4/c1-3-7-6-8(11(13)14)4-5-9(7)10(12)15-2/h4-6,13-14H,3H2,1-2H3/i1D3,3D2. The molecule has 0 saturated heterocycles. The number of aryl methyl sites for hydroxylation is 1. The van der Waals surface area contributed by atoms with E-state index >= 15 is 0 Å². The molecule has 0 heterocycles. The summed E-state index contributed by atoms with van der Waals surface area (Å²) in [7, 11) is -0.834. The molecule has 80 valence electrons. The molecule has 15 heavy (non-hydrogen) atoms. The van der Waals surface area contributed by atoms with E-state index in [1.807, 2.05) is 0 Å². The molecule has 5 heteroatoms. The van der Waals surface area contributed by atoms with Gasteiger partial charge in [0.05, 0.1) is 12.7 Å². The van der Waals surface area contributed by atoms with Gasteiger partial charge in [-0.15, -0.1) is 0 Å². The third kappa shape index (κ3) is 2.58. The lowest BCUT2D eigenvalue weighted by molar-refractivity contribution is 0.0599. The van der Waals surface area contributed by atoms with Crippen LogP contribution in [0, 0.1) is 0 Å². The van der Waals surface area contributed by atoms with Crippen molar-refractivity contribution in [3.05, 3.63) is 29.3 Å². The number of hydrogen-bond donors (Lipinski definition) is 2. The summed E-state index contributed by atoms with van der Waals surface area (Å²) in [5, 5.41) is 18.2. The predicted octanol–water partition coefficient (Wildman–Crippen LogP) is -0.285. The molecular weight excluding hydrogens is 195 g/mol. The quantitative estimate of drug-likeness (QED) is 0.535. The molecule has 0 amide bonds. The SMILES string of the molecule is [2H]C([2H])([2H])C([2H])([2H])c1cc(B(O)O)ccc1C(=O)OC. The molecule has 0 radical (unpaired) electrons. The fourth-order valence-electron chi connectivity index (χ4n) is 1.11. The Kier molecular flexibility index (Phi) is 2.08. The Morgan fingerprint density at radius 3 is 2.93 bits per heavy atom. The van der Waals surface area contributed by atoms with Crippen molar-refractivity contribution in [3.63, 3.8) is 0 Å². The van der Waals surface area contributed by atoms with Crippen LogP contribution in [-0.4, -0.2) is 30.2 Å². The van der Waals surface area contributed by atoms with Crippen molar-refractivity contribution < 1.29 is 26.4 Å². The minimum Gasteiger partial charge on any atom is -0.465 e. The number of benzene rings is 1. The molecule has 0 aromatic heterocycles. The summed E-state index contributed by atoms with van der Waals surface area (Å²) in [6, 6.07) is 3.21. The molecule has 0 bridgehead atoms. The van der Waals surface area contributed by atoms with Gasteiger partial charge < -0.3 is 14.8 Å². The van der Waals surface area contributed by atoms with Crippen molar-refractivity contribution in [2.45, 2.75) is 13.2 Å². The Labute approximate surface area is 95.7 Å². The van der Waals surface area contributed by atoms with E-state index in [-0.39, 0.29) is 11.0 Å². The molecular formula is C10H13BO4. The molecule has 1 rings (SSSR count). The molecule has 0 aliphatic rings. The highest BCUT2D eigenvalue weighted by molar-refractivity contribution is 6.58. The molecule has 1 aromatic carbocycles. The van der Waals surface area contributed by atoms with Crippen LogP contribution in [0.25, 0.3) is 0 Å². The van der Waals surface area contributed by atoms with E-state index in [1.54, 1.807) is 0 Å². The molecule has 0 aliphatic heterocycles. The summed E-state index contributed by atoms with van der Waals surface area (Å²) in [5.41, 5.74) is -0.881. The Bertz CT molecular complexity index is 515. The summed E-state index contributed by atoms with van der Waals surface area (Å²) in [6.07, 6.45) is -2.85. The van der Waals surface area contributed by atoms with Gasteiger partial charge in [0.1, 0.15) is 0 Å². The van der Waals surface area contributed by atoms with Gasteiger partial charge in [-0.05, 0) is 23.5 Å². The Hall–Kier alpha value is -1.33. The molecule has 0 saturated carbocycles. The highest BCUT2D eigenvalue weighted by atomic mass is 16.5. The van der Waals surface area contributed by atoms with Crippen LogP contribution in [-0.2, 0) is 11.1 Å². The average molecular weight is 213 g/mol. The summed E-state index contributed by atoms with van der Waals surface area (Å²) in [6.45, 7) is -3.03. The number of carbonyl (C=O) groups is 1. The first-order valence-electron chi connectivity index (χ1n) is 6.61. The maximum atomic E-state index is 11.6. The van der Waals surface area contributed by atoms with E-state index < -0.39 is 31.9 Å². The zero-order valence-corrected chi connectivity index (χ0v) is 8.02. The lowest BCUT2D eigenvalue weighted by atomic mass is 9.78. The molecule has 0 fully saturated rings. The third-order valence-corrected chi connectivity index (χ3v) is 1.88. The largest absolute Gasteiger partial charge is 0.488 e. The topological polar surface area (TPSA) is 66.8 Å². The minimum absolute atomic E-state index is 0.124. The highest BCUT2D eigenvalue weighted by Crippen LogP contribution is 2.09. The van der Waals surface area contributed by atoms with Gasteiger partial charge in [0, 0.05) is 6.85 Å². The van der Waals surface area contributed by atoms with Crippen LogP contribution in [0.5, 0.6) is 0 Å². The minimum atomic E-state index is -3.03. The van der Waals surface area contributed by atoms with Gasteiger partial charge in [0.15, 0.2) is 0 Å². The maximum absolute atomic E-state index is 11.6. The smallest absolute Gasteiger partial charge is 0.465 e. The molecule has 4 nitrogen and oxygen atoms in total. The summed E-state index contributed by atoms with van der Waals surface area (Å²) >= 11 is 0. The van der Waals surface area contributed by atoms with Crippen LogP contribution in [0.2, 0.25) is 0 Å². The second-order valence-corrected chi connectivity index (χ2v) is 2.80. The fraction of sp³-hybridized carbons (Fsp3) is 0.300. The van der Waals surface area contributed by atoms with E-state index in [1.165, 1.54) is 6.07 Å². The predicted molar refractivity (Wildman–Crippen MR) is 57.0 cm³/mol. The lowest BCUT2D eigenvalue weighted by Crippen LogP contribution is -2.30. The van der Waals surface area contributed by atoms with Crippen molar-refractivity contribution in [2.24, 2.45) is 0 Å². The first-order valence-corrected chi connectivity index (χ1v) is 4.11. The number of ether oxygens (including phenoxy) is 1. The second-order valence-electron chi connectivity index (χ2n) is 2.80. The fourth-order valence-corrected chi connectivity index (χ4v) is 1.11. The molecule has 0 spiro atoms.